The van der Waals surface area contributed by atoms with Gasteiger partial charge in [0, 0.05) is 0 Å². The summed E-state index contributed by atoms with van der Waals surface area (Å²) >= 11 is 0. The van der Waals surface area contributed by atoms with Crippen molar-refractivity contribution in [2.75, 3.05) is 0 Å². The molecule has 0 amide bonds. The highest BCUT2D eigenvalue weighted by molar-refractivity contribution is 5.71. The van der Waals surface area contributed by atoms with Gasteiger partial charge < -0.3 is 10.2 Å². The number of carbonyl (C=O) groups is 1. The number of hydrogen-bond acceptors (Lipinski definition) is 2. The minimum Gasteiger partial charge on any atom is -0.481 e. The highest BCUT2D eigenvalue weighted by Crippen LogP contribution is 2.32. The average Bonchev–Trinajstić information content (AvgIpc) is 2.17. The molecule has 3 heteroatoms. The van der Waals surface area contributed by atoms with Gasteiger partial charge in [0.2, 0.25) is 0 Å². The summed E-state index contributed by atoms with van der Waals surface area (Å²) in [5.41, 5.74) is -1.05. The van der Waals surface area contributed by atoms with Gasteiger partial charge in [-0.3, -0.25) is 4.79 Å². The second-order valence-electron chi connectivity index (χ2n) is 4.47. The summed E-state index contributed by atoms with van der Waals surface area (Å²) in [5, 5.41) is 19.4. The SMILES string of the molecule is CCC(C)CC(O)(CC)C(CC)C(=O)O. The first kappa shape index (κ1) is 14.4. The molecule has 0 aromatic heterocycles. The molecule has 0 saturated carbocycles. The quantitative estimate of drug-likeness (QED) is 0.688. The molecule has 0 aromatic rings. The zero-order valence-electron chi connectivity index (χ0n) is 10.3. The van der Waals surface area contributed by atoms with Crippen LogP contribution in [0.4, 0.5) is 0 Å². The van der Waals surface area contributed by atoms with E-state index in [9.17, 15) is 9.90 Å². The van der Waals surface area contributed by atoms with Crippen LogP contribution in [0.1, 0.15) is 53.4 Å². The molecule has 90 valence electrons. The van der Waals surface area contributed by atoms with Gasteiger partial charge in [0.25, 0.3) is 0 Å². The first-order valence-electron chi connectivity index (χ1n) is 5.86. The summed E-state index contributed by atoms with van der Waals surface area (Å²) in [6, 6.07) is 0. The fraction of sp³-hybridized carbons (Fsp3) is 0.917. The summed E-state index contributed by atoms with van der Waals surface area (Å²) in [6.07, 6.45) is 2.53. The van der Waals surface area contributed by atoms with Gasteiger partial charge in [-0.05, 0) is 25.2 Å². The monoisotopic (exact) mass is 216 g/mol. The third-order valence-electron chi connectivity index (χ3n) is 3.37. The Bertz CT molecular complexity index is 203. The highest BCUT2D eigenvalue weighted by atomic mass is 16.4. The molecule has 0 aliphatic rings. The largest absolute Gasteiger partial charge is 0.481 e. The Morgan fingerprint density at radius 1 is 1.27 bits per heavy atom. The van der Waals surface area contributed by atoms with Crippen LogP contribution in [0.3, 0.4) is 0 Å². The molecule has 0 aliphatic carbocycles. The van der Waals surface area contributed by atoms with Gasteiger partial charge in [-0.25, -0.2) is 0 Å². The van der Waals surface area contributed by atoms with Crippen molar-refractivity contribution in [3.63, 3.8) is 0 Å². The van der Waals surface area contributed by atoms with Crippen LogP contribution in [0.5, 0.6) is 0 Å². The van der Waals surface area contributed by atoms with Crippen molar-refractivity contribution in [3.8, 4) is 0 Å². The van der Waals surface area contributed by atoms with Crippen LogP contribution in [0, 0.1) is 11.8 Å². The van der Waals surface area contributed by atoms with Crippen LogP contribution in [0.15, 0.2) is 0 Å². The second-order valence-corrected chi connectivity index (χ2v) is 4.47. The zero-order chi connectivity index (χ0) is 12.1. The highest BCUT2D eigenvalue weighted by Gasteiger charge is 2.39. The molecule has 2 N–H and O–H groups in total. The second kappa shape index (κ2) is 6.11. The first-order chi connectivity index (χ1) is 6.91. The maximum absolute atomic E-state index is 11.0. The lowest BCUT2D eigenvalue weighted by Gasteiger charge is -2.34. The van der Waals surface area contributed by atoms with E-state index in [0.717, 1.165) is 6.42 Å². The molecule has 0 spiro atoms. The molecular weight excluding hydrogens is 192 g/mol. The molecule has 0 aromatic carbocycles. The molecule has 0 bridgehead atoms. The van der Waals surface area contributed by atoms with Gasteiger partial charge in [0.05, 0.1) is 11.5 Å². The van der Waals surface area contributed by atoms with Gasteiger partial charge >= 0.3 is 5.97 Å². The maximum atomic E-state index is 11.0. The van der Waals surface area contributed by atoms with Gasteiger partial charge in [-0.1, -0.05) is 34.1 Å². The van der Waals surface area contributed by atoms with Crippen LogP contribution < -0.4 is 0 Å². The van der Waals surface area contributed by atoms with E-state index in [1.165, 1.54) is 0 Å². The lowest BCUT2D eigenvalue weighted by Crippen LogP contribution is -2.43. The molecule has 3 unspecified atom stereocenters. The van der Waals surface area contributed by atoms with Crippen molar-refractivity contribution in [2.45, 2.75) is 59.0 Å². The van der Waals surface area contributed by atoms with E-state index >= 15 is 0 Å². The van der Waals surface area contributed by atoms with Crippen LogP contribution in [0.2, 0.25) is 0 Å². The number of carboxylic acid groups (broad SMARTS) is 1. The fourth-order valence-electron chi connectivity index (χ4n) is 2.07. The standard InChI is InChI=1S/C12H24O3/c1-5-9(4)8-12(15,7-3)10(6-2)11(13)14/h9-10,15H,5-8H2,1-4H3,(H,13,14). The van der Waals surface area contributed by atoms with Crippen molar-refractivity contribution < 1.29 is 15.0 Å². The Hall–Kier alpha value is -0.570. The third-order valence-corrected chi connectivity index (χ3v) is 3.37. The number of rotatable bonds is 7. The Balaban J connectivity index is 4.72. The normalized spacial score (nSPS) is 19.3. The van der Waals surface area contributed by atoms with Crippen LogP contribution in [-0.2, 0) is 4.79 Å². The molecule has 3 nitrogen and oxygen atoms in total. The number of aliphatic hydroxyl groups is 1. The molecule has 0 aliphatic heterocycles. The minimum atomic E-state index is -1.05. The minimum absolute atomic E-state index is 0.364. The molecule has 0 heterocycles. The van der Waals surface area contributed by atoms with Gasteiger partial charge in [0.15, 0.2) is 0 Å². The van der Waals surface area contributed by atoms with Gasteiger partial charge in [-0.2, -0.15) is 0 Å². The van der Waals surface area contributed by atoms with Crippen molar-refractivity contribution in [1.29, 1.82) is 0 Å². The Morgan fingerprint density at radius 2 is 1.80 bits per heavy atom. The van der Waals surface area contributed by atoms with Crippen LogP contribution >= 0.6 is 0 Å². The lowest BCUT2D eigenvalue weighted by atomic mass is 9.77. The number of hydrogen-bond donors (Lipinski definition) is 2. The number of carboxylic acids is 1. The van der Waals surface area contributed by atoms with E-state index < -0.39 is 17.5 Å². The Kier molecular flexibility index (Phi) is 5.88. The van der Waals surface area contributed by atoms with Gasteiger partial charge in [-0.15, -0.1) is 0 Å². The van der Waals surface area contributed by atoms with Crippen molar-refractivity contribution >= 4 is 5.97 Å². The van der Waals surface area contributed by atoms with Crippen molar-refractivity contribution in [1.82, 2.24) is 0 Å². The van der Waals surface area contributed by atoms with E-state index in [4.69, 9.17) is 5.11 Å². The molecule has 3 atom stereocenters. The van der Waals surface area contributed by atoms with Crippen LogP contribution in [-0.4, -0.2) is 21.8 Å². The summed E-state index contributed by atoms with van der Waals surface area (Å²) in [7, 11) is 0. The van der Waals surface area contributed by atoms with Crippen LogP contribution in [0.25, 0.3) is 0 Å². The molecule has 0 radical (unpaired) electrons. The first-order valence-corrected chi connectivity index (χ1v) is 5.86. The predicted molar refractivity (Wildman–Crippen MR) is 60.7 cm³/mol. The van der Waals surface area contributed by atoms with Crippen molar-refractivity contribution in [2.24, 2.45) is 11.8 Å². The maximum Gasteiger partial charge on any atom is 0.309 e. The molecular formula is C12H24O3. The fourth-order valence-corrected chi connectivity index (χ4v) is 2.07. The van der Waals surface area contributed by atoms with E-state index in [1.807, 2.05) is 13.8 Å². The summed E-state index contributed by atoms with van der Waals surface area (Å²) < 4.78 is 0. The molecule has 0 saturated heterocycles. The summed E-state index contributed by atoms with van der Waals surface area (Å²) in [6.45, 7) is 7.78. The Labute approximate surface area is 92.5 Å². The molecule has 0 fully saturated rings. The summed E-state index contributed by atoms with van der Waals surface area (Å²) in [4.78, 5) is 11.0. The molecule has 15 heavy (non-hydrogen) atoms. The zero-order valence-corrected chi connectivity index (χ0v) is 10.3. The lowest BCUT2D eigenvalue weighted by molar-refractivity contribution is -0.154. The number of aliphatic carboxylic acids is 1. The smallest absolute Gasteiger partial charge is 0.309 e. The Morgan fingerprint density at radius 3 is 2.07 bits per heavy atom. The molecule has 0 rings (SSSR count). The summed E-state index contributed by atoms with van der Waals surface area (Å²) in [5.74, 6) is -1.16. The third kappa shape index (κ3) is 3.82. The van der Waals surface area contributed by atoms with E-state index in [0.29, 0.717) is 25.2 Å². The predicted octanol–water partition coefficient (Wildman–Crippen LogP) is 2.67. The average molecular weight is 216 g/mol. The topological polar surface area (TPSA) is 57.5 Å². The van der Waals surface area contributed by atoms with Crippen molar-refractivity contribution in [3.05, 3.63) is 0 Å². The van der Waals surface area contributed by atoms with Gasteiger partial charge in [0.1, 0.15) is 0 Å². The van der Waals surface area contributed by atoms with E-state index in [1.54, 1.807) is 0 Å². The van der Waals surface area contributed by atoms with E-state index in [-0.39, 0.29) is 0 Å². The van der Waals surface area contributed by atoms with E-state index in [2.05, 4.69) is 13.8 Å².